The minimum Gasteiger partial charge on any atom is -0.310 e. The van der Waals surface area contributed by atoms with Crippen molar-refractivity contribution in [1.82, 2.24) is 0 Å². The lowest BCUT2D eigenvalue weighted by atomic mass is 10.1. The SMILES string of the molecule is O=C1N(c2cccc([N+](=O)[O-])c2)CCCC1(Cl)Cl. The molecule has 0 unspecified atom stereocenters. The second-order valence-electron chi connectivity index (χ2n) is 4.04. The Morgan fingerprint density at radius 2 is 2.11 bits per heavy atom. The molecule has 0 spiro atoms. The molecule has 1 aromatic rings. The van der Waals surface area contributed by atoms with E-state index in [9.17, 15) is 14.9 Å². The van der Waals surface area contributed by atoms with Gasteiger partial charge in [-0.3, -0.25) is 14.9 Å². The van der Waals surface area contributed by atoms with Crippen molar-refractivity contribution in [3.63, 3.8) is 0 Å². The summed E-state index contributed by atoms with van der Waals surface area (Å²) < 4.78 is -1.44. The fourth-order valence-corrected chi connectivity index (χ4v) is 2.36. The van der Waals surface area contributed by atoms with E-state index in [-0.39, 0.29) is 5.69 Å². The van der Waals surface area contributed by atoms with Gasteiger partial charge in [-0.1, -0.05) is 29.3 Å². The smallest absolute Gasteiger partial charge is 0.271 e. The van der Waals surface area contributed by atoms with Crippen LogP contribution in [0.3, 0.4) is 0 Å². The summed E-state index contributed by atoms with van der Waals surface area (Å²) >= 11 is 11.8. The molecule has 5 nitrogen and oxygen atoms in total. The van der Waals surface area contributed by atoms with Gasteiger partial charge in [0.2, 0.25) is 0 Å². The summed E-state index contributed by atoms with van der Waals surface area (Å²) in [5.41, 5.74) is 0.375. The molecule has 0 aromatic heterocycles. The number of nitro benzene ring substituents is 1. The lowest BCUT2D eigenvalue weighted by molar-refractivity contribution is -0.384. The minimum atomic E-state index is -1.44. The van der Waals surface area contributed by atoms with Crippen LogP contribution in [0.1, 0.15) is 12.8 Å². The van der Waals surface area contributed by atoms with Crippen LogP contribution in [-0.2, 0) is 4.79 Å². The van der Waals surface area contributed by atoms with Crippen LogP contribution in [0.15, 0.2) is 24.3 Å². The van der Waals surface area contributed by atoms with Crippen molar-refractivity contribution in [3.05, 3.63) is 34.4 Å². The van der Waals surface area contributed by atoms with Gasteiger partial charge in [-0.05, 0) is 18.9 Å². The number of anilines is 1. The first-order chi connectivity index (χ1) is 8.42. The third-order valence-electron chi connectivity index (χ3n) is 2.78. The molecule has 1 fully saturated rings. The standard InChI is InChI=1S/C11H10Cl2N2O3/c12-11(13)5-2-6-14(10(11)16)8-3-1-4-9(7-8)15(17)18/h1,3-4,7H,2,5-6H2. The van der Waals surface area contributed by atoms with E-state index in [1.54, 1.807) is 6.07 Å². The number of hydrogen-bond acceptors (Lipinski definition) is 3. The maximum absolute atomic E-state index is 12.0. The zero-order chi connectivity index (χ0) is 13.3. The lowest BCUT2D eigenvalue weighted by Crippen LogP contribution is -2.47. The number of alkyl halides is 2. The molecule has 1 aromatic carbocycles. The van der Waals surface area contributed by atoms with Crippen LogP contribution >= 0.6 is 23.2 Å². The summed E-state index contributed by atoms with van der Waals surface area (Å²) in [7, 11) is 0. The average Bonchev–Trinajstić information content (AvgIpc) is 2.33. The molecule has 2 rings (SSSR count). The average molecular weight is 289 g/mol. The number of carbonyl (C=O) groups is 1. The van der Waals surface area contributed by atoms with Crippen LogP contribution in [0.2, 0.25) is 0 Å². The minimum absolute atomic E-state index is 0.0689. The van der Waals surface area contributed by atoms with E-state index < -0.39 is 15.2 Å². The van der Waals surface area contributed by atoms with Crippen molar-refractivity contribution in [2.75, 3.05) is 11.4 Å². The normalized spacial score (nSPS) is 18.8. The summed E-state index contributed by atoms with van der Waals surface area (Å²) in [6.07, 6.45) is 1.04. The van der Waals surface area contributed by atoms with Crippen molar-refractivity contribution in [1.29, 1.82) is 0 Å². The molecule has 1 heterocycles. The van der Waals surface area contributed by atoms with E-state index in [4.69, 9.17) is 23.2 Å². The Kier molecular flexibility index (Phi) is 3.45. The van der Waals surface area contributed by atoms with Crippen LogP contribution in [-0.4, -0.2) is 21.7 Å². The molecule has 1 saturated heterocycles. The second kappa shape index (κ2) is 4.74. The number of piperidine rings is 1. The molecule has 18 heavy (non-hydrogen) atoms. The second-order valence-corrected chi connectivity index (χ2v) is 5.53. The first-order valence-corrected chi connectivity index (χ1v) is 6.12. The number of amides is 1. The fourth-order valence-electron chi connectivity index (χ4n) is 1.89. The summed E-state index contributed by atoms with van der Waals surface area (Å²) in [4.78, 5) is 23.6. The quantitative estimate of drug-likeness (QED) is 0.477. The number of non-ortho nitro benzene ring substituents is 1. The number of halogens is 2. The maximum Gasteiger partial charge on any atom is 0.271 e. The Labute approximate surface area is 113 Å². The first-order valence-electron chi connectivity index (χ1n) is 5.36. The number of benzene rings is 1. The molecule has 0 aliphatic carbocycles. The highest BCUT2D eigenvalue weighted by Crippen LogP contribution is 2.36. The first kappa shape index (κ1) is 13.1. The number of nitrogens with zero attached hydrogens (tertiary/aromatic N) is 2. The maximum atomic E-state index is 12.0. The van der Waals surface area contributed by atoms with Gasteiger partial charge in [0.1, 0.15) is 0 Å². The summed E-state index contributed by atoms with van der Waals surface area (Å²) in [6, 6.07) is 5.86. The van der Waals surface area contributed by atoms with Crippen molar-refractivity contribution in [3.8, 4) is 0 Å². The molecule has 0 N–H and O–H groups in total. The summed E-state index contributed by atoms with van der Waals surface area (Å²) in [5.74, 6) is -0.433. The molecule has 1 aliphatic heterocycles. The number of hydrogen-bond donors (Lipinski definition) is 0. The number of nitro groups is 1. The largest absolute Gasteiger partial charge is 0.310 e. The van der Waals surface area contributed by atoms with Gasteiger partial charge in [-0.2, -0.15) is 0 Å². The highest BCUT2D eigenvalue weighted by atomic mass is 35.5. The summed E-state index contributed by atoms with van der Waals surface area (Å²) in [5, 5.41) is 10.7. The summed E-state index contributed by atoms with van der Waals surface area (Å²) in [6.45, 7) is 0.460. The van der Waals surface area contributed by atoms with Gasteiger partial charge in [0, 0.05) is 18.7 Å². The zero-order valence-electron chi connectivity index (χ0n) is 9.31. The van der Waals surface area contributed by atoms with Crippen molar-refractivity contribution < 1.29 is 9.72 Å². The van der Waals surface area contributed by atoms with Gasteiger partial charge >= 0.3 is 0 Å². The topological polar surface area (TPSA) is 63.5 Å². The van der Waals surface area contributed by atoms with Crippen molar-refractivity contribution >= 4 is 40.5 Å². The molecular weight excluding hydrogens is 279 g/mol. The van der Waals surface area contributed by atoms with Gasteiger partial charge in [0.25, 0.3) is 11.6 Å². The zero-order valence-corrected chi connectivity index (χ0v) is 10.8. The molecule has 0 radical (unpaired) electrons. The monoisotopic (exact) mass is 288 g/mol. The molecule has 7 heteroatoms. The molecule has 96 valence electrons. The predicted octanol–water partition coefficient (Wildman–Crippen LogP) is 2.90. The Morgan fingerprint density at radius 1 is 1.39 bits per heavy atom. The van der Waals surface area contributed by atoms with E-state index >= 15 is 0 Å². The molecule has 1 aliphatic rings. The van der Waals surface area contributed by atoms with Gasteiger partial charge in [0.15, 0.2) is 4.33 Å². The van der Waals surface area contributed by atoms with E-state index in [0.717, 1.165) is 0 Å². The van der Waals surface area contributed by atoms with E-state index in [1.807, 2.05) is 0 Å². The Bertz CT molecular complexity index is 505. The van der Waals surface area contributed by atoms with Gasteiger partial charge in [-0.25, -0.2) is 0 Å². The molecule has 0 bridgehead atoms. The van der Waals surface area contributed by atoms with Crippen LogP contribution in [0.4, 0.5) is 11.4 Å². The molecule has 0 atom stereocenters. The van der Waals surface area contributed by atoms with Crippen LogP contribution in [0.25, 0.3) is 0 Å². The third kappa shape index (κ3) is 2.42. The Morgan fingerprint density at radius 3 is 2.78 bits per heavy atom. The highest BCUT2D eigenvalue weighted by molar-refractivity contribution is 6.59. The van der Waals surface area contributed by atoms with Gasteiger partial charge in [0.05, 0.1) is 10.6 Å². The van der Waals surface area contributed by atoms with Crippen molar-refractivity contribution in [2.45, 2.75) is 17.2 Å². The fraction of sp³-hybridized carbons (Fsp3) is 0.364. The Balaban J connectivity index is 2.34. The van der Waals surface area contributed by atoms with E-state index in [1.165, 1.54) is 23.1 Å². The molecular formula is C11H10Cl2N2O3. The lowest BCUT2D eigenvalue weighted by Gasteiger charge is -2.33. The number of carbonyl (C=O) groups excluding carboxylic acids is 1. The van der Waals surface area contributed by atoms with E-state index in [2.05, 4.69) is 0 Å². The Hall–Kier alpha value is -1.33. The van der Waals surface area contributed by atoms with Crippen LogP contribution in [0.5, 0.6) is 0 Å². The van der Waals surface area contributed by atoms with Crippen LogP contribution in [0, 0.1) is 10.1 Å². The molecule has 1 amide bonds. The molecule has 0 saturated carbocycles. The number of rotatable bonds is 2. The van der Waals surface area contributed by atoms with Crippen LogP contribution < -0.4 is 4.90 Å². The predicted molar refractivity (Wildman–Crippen MR) is 69.1 cm³/mol. The third-order valence-corrected chi connectivity index (χ3v) is 3.48. The van der Waals surface area contributed by atoms with Gasteiger partial charge < -0.3 is 4.90 Å². The van der Waals surface area contributed by atoms with E-state index in [0.29, 0.717) is 25.1 Å². The van der Waals surface area contributed by atoms with Crippen molar-refractivity contribution in [2.24, 2.45) is 0 Å². The van der Waals surface area contributed by atoms with Gasteiger partial charge in [-0.15, -0.1) is 0 Å². The highest BCUT2D eigenvalue weighted by Gasteiger charge is 2.41.